The zero-order chi connectivity index (χ0) is 20.9. The molecule has 0 aliphatic heterocycles. The molecule has 4 aromatic rings. The minimum Gasteiger partial charge on any atom is -0.350 e. The normalized spacial score (nSPS) is 12.2. The Morgan fingerprint density at radius 3 is 2.90 bits per heavy atom. The van der Waals surface area contributed by atoms with E-state index in [4.69, 9.17) is 4.98 Å². The van der Waals surface area contributed by atoms with Crippen LogP contribution in [0.1, 0.15) is 30.6 Å². The summed E-state index contributed by atoms with van der Waals surface area (Å²) < 4.78 is 1.73. The third kappa shape index (κ3) is 4.24. The largest absolute Gasteiger partial charge is 0.350 e. The zero-order valence-electron chi connectivity index (χ0n) is 17.0. The first kappa shape index (κ1) is 20.2. The number of likely N-dealkylation sites (N-methyl/N-ethyl adjacent to an activating group) is 1. The maximum atomic E-state index is 12.7. The van der Waals surface area contributed by atoms with Crippen LogP contribution in [0.15, 0.2) is 54.3 Å². The Bertz CT molecular complexity index is 1140. The number of pyridine rings is 1. The van der Waals surface area contributed by atoms with Crippen molar-refractivity contribution in [1.29, 1.82) is 0 Å². The Morgan fingerprint density at radius 1 is 1.23 bits per heavy atom. The molecule has 4 aromatic heterocycles. The van der Waals surface area contributed by atoms with Gasteiger partial charge in [0, 0.05) is 30.5 Å². The van der Waals surface area contributed by atoms with Gasteiger partial charge in [0.05, 0.1) is 28.0 Å². The van der Waals surface area contributed by atoms with Crippen molar-refractivity contribution in [1.82, 2.24) is 30.2 Å². The molecule has 4 rings (SSSR count). The van der Waals surface area contributed by atoms with Gasteiger partial charge < -0.3 is 10.6 Å². The number of hydrogen-bond acceptors (Lipinski definition) is 6. The highest BCUT2D eigenvalue weighted by Gasteiger charge is 2.14. The number of fused-ring (bicyclic) bond motifs is 1. The van der Waals surface area contributed by atoms with Crippen LogP contribution in [0.3, 0.4) is 0 Å². The van der Waals surface area contributed by atoms with Gasteiger partial charge in [0.25, 0.3) is 5.91 Å². The number of aromatic nitrogens is 4. The predicted molar refractivity (Wildman–Crippen MR) is 120 cm³/mol. The highest BCUT2D eigenvalue weighted by molar-refractivity contribution is 7.13. The molecule has 0 fully saturated rings. The standard InChI is InChI=1S/C22H24N6OS/c1-3-16(23-4-2)13-25-22(29)15-7-9-24-19(12-15)17-14-26-28-10-8-18(27-21(17)28)20-6-5-11-30-20/h5-12,14,16,23H,3-4,13H2,1-2H3,(H,25,29)/t16-/m1/s1. The minimum absolute atomic E-state index is 0.112. The summed E-state index contributed by atoms with van der Waals surface area (Å²) in [4.78, 5) is 23.0. The van der Waals surface area contributed by atoms with E-state index < -0.39 is 0 Å². The molecule has 1 atom stereocenters. The fourth-order valence-corrected chi connectivity index (χ4v) is 3.99. The zero-order valence-corrected chi connectivity index (χ0v) is 17.8. The summed E-state index contributed by atoms with van der Waals surface area (Å²) in [6, 6.07) is 9.77. The Hall–Kier alpha value is -3.10. The van der Waals surface area contributed by atoms with Gasteiger partial charge in [0.2, 0.25) is 0 Å². The Kier molecular flexibility index (Phi) is 6.15. The lowest BCUT2D eigenvalue weighted by atomic mass is 10.1. The molecule has 154 valence electrons. The van der Waals surface area contributed by atoms with Gasteiger partial charge in [0.15, 0.2) is 5.65 Å². The number of rotatable bonds is 8. The van der Waals surface area contributed by atoms with Crippen molar-refractivity contribution < 1.29 is 4.79 Å². The second-order valence-corrected chi connectivity index (χ2v) is 7.87. The number of carbonyl (C=O) groups is 1. The summed E-state index contributed by atoms with van der Waals surface area (Å²) in [6.07, 6.45) is 6.24. The van der Waals surface area contributed by atoms with Crippen molar-refractivity contribution in [2.75, 3.05) is 13.1 Å². The summed E-state index contributed by atoms with van der Waals surface area (Å²) in [6.45, 7) is 5.63. The van der Waals surface area contributed by atoms with Crippen LogP contribution in [-0.2, 0) is 0 Å². The van der Waals surface area contributed by atoms with Crippen molar-refractivity contribution in [3.8, 4) is 21.8 Å². The van der Waals surface area contributed by atoms with Gasteiger partial charge in [-0.25, -0.2) is 9.50 Å². The minimum atomic E-state index is -0.112. The van der Waals surface area contributed by atoms with E-state index in [0.717, 1.165) is 29.1 Å². The van der Waals surface area contributed by atoms with E-state index in [9.17, 15) is 4.79 Å². The second-order valence-electron chi connectivity index (χ2n) is 6.92. The summed E-state index contributed by atoms with van der Waals surface area (Å²) >= 11 is 1.64. The summed E-state index contributed by atoms with van der Waals surface area (Å²) in [5.74, 6) is -0.112. The van der Waals surface area contributed by atoms with Crippen LogP contribution in [0.2, 0.25) is 0 Å². The quantitative estimate of drug-likeness (QED) is 0.455. The average Bonchev–Trinajstić information content (AvgIpc) is 3.46. The lowest BCUT2D eigenvalue weighted by Crippen LogP contribution is -2.40. The van der Waals surface area contributed by atoms with Gasteiger partial charge in [0.1, 0.15) is 0 Å². The molecular weight excluding hydrogens is 396 g/mol. The lowest BCUT2D eigenvalue weighted by molar-refractivity contribution is 0.0949. The molecule has 1 amide bonds. The molecule has 0 bridgehead atoms. The number of nitrogens with zero attached hydrogens (tertiary/aromatic N) is 4. The monoisotopic (exact) mass is 420 g/mol. The third-order valence-corrected chi connectivity index (χ3v) is 5.83. The molecule has 0 saturated carbocycles. The van der Waals surface area contributed by atoms with Gasteiger partial charge in [-0.05, 0) is 42.6 Å². The molecule has 4 heterocycles. The van der Waals surface area contributed by atoms with Gasteiger partial charge in [-0.15, -0.1) is 11.3 Å². The van der Waals surface area contributed by atoms with Gasteiger partial charge in [-0.2, -0.15) is 5.10 Å². The Balaban J connectivity index is 1.60. The van der Waals surface area contributed by atoms with Crippen LogP contribution in [0.25, 0.3) is 27.5 Å². The molecule has 0 saturated heterocycles. The van der Waals surface area contributed by atoms with Crippen LogP contribution >= 0.6 is 11.3 Å². The molecule has 0 aliphatic carbocycles. The molecule has 0 aromatic carbocycles. The fourth-order valence-electron chi connectivity index (χ4n) is 3.30. The summed E-state index contributed by atoms with van der Waals surface area (Å²) in [5.41, 5.74) is 3.64. The van der Waals surface area contributed by atoms with Crippen LogP contribution in [0.4, 0.5) is 0 Å². The van der Waals surface area contributed by atoms with Crippen molar-refractivity contribution in [3.05, 3.63) is 59.9 Å². The molecule has 8 heteroatoms. The SMILES string of the molecule is CCN[C@H](CC)CNC(=O)c1ccnc(-c2cnn3ccc(-c4cccs4)nc23)c1. The van der Waals surface area contributed by atoms with Crippen LogP contribution in [-0.4, -0.2) is 44.6 Å². The molecule has 2 N–H and O–H groups in total. The van der Waals surface area contributed by atoms with Gasteiger partial charge in [-0.1, -0.05) is 19.9 Å². The first-order valence-corrected chi connectivity index (χ1v) is 10.9. The van der Waals surface area contributed by atoms with Crippen molar-refractivity contribution in [2.24, 2.45) is 0 Å². The predicted octanol–water partition coefficient (Wildman–Crippen LogP) is 3.64. The van der Waals surface area contributed by atoms with E-state index in [1.807, 2.05) is 29.8 Å². The topological polar surface area (TPSA) is 84.2 Å². The van der Waals surface area contributed by atoms with E-state index in [2.05, 4.69) is 34.6 Å². The second kappa shape index (κ2) is 9.15. The first-order valence-electron chi connectivity index (χ1n) is 10.1. The Labute approximate surface area is 179 Å². The molecule has 30 heavy (non-hydrogen) atoms. The van der Waals surface area contributed by atoms with E-state index >= 15 is 0 Å². The number of nitrogens with one attached hydrogen (secondary N) is 2. The number of thiophene rings is 1. The van der Waals surface area contributed by atoms with Gasteiger partial charge in [-0.3, -0.25) is 9.78 Å². The molecule has 0 aliphatic rings. The lowest BCUT2D eigenvalue weighted by Gasteiger charge is -2.16. The highest BCUT2D eigenvalue weighted by atomic mass is 32.1. The maximum absolute atomic E-state index is 12.7. The van der Waals surface area contributed by atoms with Crippen molar-refractivity contribution >= 4 is 22.9 Å². The number of hydrogen-bond donors (Lipinski definition) is 2. The molecule has 0 radical (unpaired) electrons. The van der Waals surface area contributed by atoms with E-state index in [-0.39, 0.29) is 11.9 Å². The smallest absolute Gasteiger partial charge is 0.251 e. The van der Waals surface area contributed by atoms with Crippen LogP contribution in [0.5, 0.6) is 0 Å². The average molecular weight is 421 g/mol. The number of amides is 1. The molecule has 0 unspecified atom stereocenters. The van der Waals surface area contributed by atoms with E-state index in [0.29, 0.717) is 23.4 Å². The summed E-state index contributed by atoms with van der Waals surface area (Å²) in [5, 5.41) is 12.8. The van der Waals surface area contributed by atoms with E-state index in [1.54, 1.807) is 40.4 Å². The van der Waals surface area contributed by atoms with Crippen LogP contribution < -0.4 is 10.6 Å². The molecular formula is C22H24N6OS. The highest BCUT2D eigenvalue weighted by Crippen LogP contribution is 2.27. The van der Waals surface area contributed by atoms with Crippen molar-refractivity contribution in [3.63, 3.8) is 0 Å². The first-order chi connectivity index (χ1) is 14.7. The summed E-state index contributed by atoms with van der Waals surface area (Å²) in [7, 11) is 0. The number of carbonyl (C=O) groups excluding carboxylic acids is 1. The fraction of sp³-hybridized carbons (Fsp3) is 0.273. The Morgan fingerprint density at radius 2 is 2.13 bits per heavy atom. The maximum Gasteiger partial charge on any atom is 0.251 e. The van der Waals surface area contributed by atoms with Gasteiger partial charge >= 0.3 is 0 Å². The third-order valence-electron chi connectivity index (χ3n) is 4.94. The molecule has 0 spiro atoms. The van der Waals surface area contributed by atoms with E-state index in [1.165, 1.54) is 0 Å². The van der Waals surface area contributed by atoms with Crippen LogP contribution in [0, 0.1) is 0 Å². The molecule has 7 nitrogen and oxygen atoms in total. The van der Waals surface area contributed by atoms with Crippen molar-refractivity contribution in [2.45, 2.75) is 26.3 Å².